The summed E-state index contributed by atoms with van der Waals surface area (Å²) in [6.07, 6.45) is 5.44. The molecule has 2 aromatic heterocycles. The van der Waals surface area contributed by atoms with E-state index in [1.54, 1.807) is 18.7 Å². The van der Waals surface area contributed by atoms with Crippen molar-refractivity contribution in [3.8, 4) is 0 Å². The van der Waals surface area contributed by atoms with E-state index in [0.717, 1.165) is 18.7 Å². The highest BCUT2D eigenvalue weighted by Gasteiger charge is 2.34. The molecule has 3 heterocycles. The maximum Gasteiger partial charge on any atom is 0.246 e. The van der Waals surface area contributed by atoms with Gasteiger partial charge in [0, 0.05) is 39.4 Å². The monoisotopic (exact) mass is 408 g/mol. The molecule has 1 amide bonds. The van der Waals surface area contributed by atoms with Crippen LogP contribution in [0.5, 0.6) is 0 Å². The Morgan fingerprint density at radius 2 is 2.14 bits per heavy atom. The molecule has 1 aliphatic heterocycles. The van der Waals surface area contributed by atoms with E-state index < -0.39 is 10.0 Å². The molecule has 3 rings (SSSR count). The van der Waals surface area contributed by atoms with Crippen molar-refractivity contribution in [3.05, 3.63) is 29.8 Å². The molecule has 1 saturated heterocycles. The summed E-state index contributed by atoms with van der Waals surface area (Å²) < 4.78 is 30.7. The minimum atomic E-state index is -3.64. The number of aromatic nitrogens is 4. The summed E-state index contributed by atoms with van der Waals surface area (Å²) >= 11 is 0. The molecule has 10 heteroatoms. The second-order valence-corrected chi connectivity index (χ2v) is 9.19. The Balaban J connectivity index is 1.53. The fourth-order valence-electron chi connectivity index (χ4n) is 3.43. The van der Waals surface area contributed by atoms with Gasteiger partial charge in [0.25, 0.3) is 0 Å². The number of hydrogen-bond acceptors (Lipinski definition) is 5. The molecular weight excluding hydrogens is 380 g/mol. The molecule has 0 spiro atoms. The van der Waals surface area contributed by atoms with Gasteiger partial charge in [-0.05, 0) is 39.2 Å². The van der Waals surface area contributed by atoms with Crippen LogP contribution >= 0.6 is 0 Å². The summed E-state index contributed by atoms with van der Waals surface area (Å²) in [4.78, 5) is 12.7. The first-order valence-corrected chi connectivity index (χ1v) is 11.0. The van der Waals surface area contributed by atoms with E-state index in [0.29, 0.717) is 31.6 Å². The van der Waals surface area contributed by atoms with Crippen molar-refractivity contribution in [1.29, 1.82) is 0 Å². The van der Waals surface area contributed by atoms with E-state index in [9.17, 15) is 13.2 Å². The van der Waals surface area contributed by atoms with Crippen molar-refractivity contribution < 1.29 is 13.2 Å². The average Bonchev–Trinajstić information content (AvgIpc) is 3.24. The van der Waals surface area contributed by atoms with E-state index in [2.05, 4.69) is 15.5 Å². The van der Waals surface area contributed by atoms with E-state index in [1.807, 2.05) is 23.9 Å². The molecule has 1 N–H and O–H groups in total. The lowest BCUT2D eigenvalue weighted by Crippen LogP contribution is -2.45. The minimum absolute atomic E-state index is 0.0838. The molecule has 9 nitrogen and oxygen atoms in total. The zero-order valence-electron chi connectivity index (χ0n) is 16.6. The Kier molecular flexibility index (Phi) is 6.19. The summed E-state index contributed by atoms with van der Waals surface area (Å²) in [5.41, 5.74) is 1.57. The third kappa shape index (κ3) is 4.44. The van der Waals surface area contributed by atoms with Gasteiger partial charge >= 0.3 is 0 Å². The predicted molar refractivity (Wildman–Crippen MR) is 104 cm³/mol. The van der Waals surface area contributed by atoms with E-state index >= 15 is 0 Å². The number of nitrogens with zero attached hydrogens (tertiary/aromatic N) is 5. The second kappa shape index (κ2) is 8.44. The summed E-state index contributed by atoms with van der Waals surface area (Å²) in [5.74, 6) is -0.410. The summed E-state index contributed by atoms with van der Waals surface area (Å²) in [7, 11) is -1.93. The number of carbonyl (C=O) groups excluding carboxylic acids is 1. The Morgan fingerprint density at radius 1 is 1.36 bits per heavy atom. The number of piperidine rings is 1. The van der Waals surface area contributed by atoms with Crippen molar-refractivity contribution in [2.75, 3.05) is 19.6 Å². The molecule has 1 aliphatic rings. The molecule has 0 saturated carbocycles. The highest BCUT2D eigenvalue weighted by Crippen LogP contribution is 2.25. The van der Waals surface area contributed by atoms with Crippen molar-refractivity contribution in [2.24, 2.45) is 13.0 Å². The smallest absolute Gasteiger partial charge is 0.246 e. The molecule has 0 radical (unpaired) electrons. The molecular formula is C18H28N6O3S. The lowest BCUT2D eigenvalue weighted by atomic mass is 9.99. The molecule has 1 atom stereocenters. The standard InChI is InChI=1S/C18H28N6O3S/c1-14-7-11-23(21-14)9-5-8-19-18(25)16-6-4-10-24(13-16)28(26,27)17-12-20-22(3)15(17)2/h7,11-12,16H,4-6,8-10,13H2,1-3H3,(H,19,25)/t16-/m1/s1. The van der Waals surface area contributed by atoms with Crippen LogP contribution in [0.2, 0.25) is 0 Å². The van der Waals surface area contributed by atoms with Crippen LogP contribution in [0.1, 0.15) is 30.7 Å². The van der Waals surface area contributed by atoms with Crippen molar-refractivity contribution >= 4 is 15.9 Å². The first-order chi connectivity index (χ1) is 13.3. The van der Waals surface area contributed by atoms with Gasteiger partial charge in [0.05, 0.1) is 23.5 Å². The molecule has 0 unspecified atom stereocenters. The maximum absolute atomic E-state index is 12.9. The van der Waals surface area contributed by atoms with E-state index in [-0.39, 0.29) is 23.3 Å². The largest absolute Gasteiger partial charge is 0.356 e. The Morgan fingerprint density at radius 3 is 2.79 bits per heavy atom. The maximum atomic E-state index is 12.9. The van der Waals surface area contributed by atoms with Gasteiger partial charge < -0.3 is 5.32 Å². The Bertz CT molecular complexity index is 933. The minimum Gasteiger partial charge on any atom is -0.356 e. The fourth-order valence-corrected chi connectivity index (χ4v) is 5.14. The molecule has 2 aromatic rings. The van der Waals surface area contributed by atoms with Crippen molar-refractivity contribution in [1.82, 2.24) is 29.2 Å². The van der Waals surface area contributed by atoms with Crippen LogP contribution in [0, 0.1) is 19.8 Å². The zero-order valence-corrected chi connectivity index (χ0v) is 17.4. The van der Waals surface area contributed by atoms with Gasteiger partial charge in [0.1, 0.15) is 4.90 Å². The summed E-state index contributed by atoms with van der Waals surface area (Å²) in [6.45, 7) is 5.59. The van der Waals surface area contributed by atoms with Crippen LogP contribution in [-0.2, 0) is 28.4 Å². The first-order valence-electron chi connectivity index (χ1n) is 9.55. The van der Waals surface area contributed by atoms with E-state index in [1.165, 1.54) is 10.5 Å². The van der Waals surface area contributed by atoms with Gasteiger partial charge in [-0.15, -0.1) is 0 Å². The molecule has 0 aliphatic carbocycles. The third-order valence-corrected chi connectivity index (χ3v) is 7.17. The summed E-state index contributed by atoms with van der Waals surface area (Å²) in [6, 6.07) is 1.94. The molecule has 0 bridgehead atoms. The lowest BCUT2D eigenvalue weighted by molar-refractivity contribution is -0.126. The number of nitrogens with one attached hydrogen (secondary N) is 1. The van der Waals surface area contributed by atoms with Gasteiger partial charge in [-0.1, -0.05) is 0 Å². The van der Waals surface area contributed by atoms with E-state index in [4.69, 9.17) is 0 Å². The second-order valence-electron chi connectivity index (χ2n) is 7.28. The zero-order chi connectivity index (χ0) is 20.3. The molecule has 28 heavy (non-hydrogen) atoms. The van der Waals surface area contributed by atoms with Gasteiger partial charge in [-0.25, -0.2) is 8.42 Å². The van der Waals surface area contributed by atoms with Gasteiger partial charge in [0.2, 0.25) is 15.9 Å². The Hall–Kier alpha value is -2.20. The first kappa shape index (κ1) is 20.5. The summed E-state index contributed by atoms with van der Waals surface area (Å²) in [5, 5.41) is 11.3. The quantitative estimate of drug-likeness (QED) is 0.684. The number of hydrogen-bond donors (Lipinski definition) is 1. The van der Waals surface area contributed by atoms with Crippen LogP contribution < -0.4 is 5.32 Å². The highest BCUT2D eigenvalue weighted by molar-refractivity contribution is 7.89. The van der Waals surface area contributed by atoms with Gasteiger partial charge in [-0.3, -0.25) is 14.2 Å². The Labute approximate surface area is 165 Å². The number of carbonyl (C=O) groups is 1. The van der Waals surface area contributed by atoms with Crippen molar-refractivity contribution in [3.63, 3.8) is 0 Å². The predicted octanol–water partition coefficient (Wildman–Crippen LogP) is 0.841. The van der Waals surface area contributed by atoms with Gasteiger partial charge in [-0.2, -0.15) is 14.5 Å². The number of aryl methyl sites for hydroxylation is 3. The number of amides is 1. The molecule has 154 valence electrons. The van der Waals surface area contributed by atoms with Crippen LogP contribution in [0.4, 0.5) is 0 Å². The van der Waals surface area contributed by atoms with Crippen LogP contribution in [0.3, 0.4) is 0 Å². The highest BCUT2D eigenvalue weighted by atomic mass is 32.2. The normalized spacial score (nSPS) is 18.3. The number of rotatable bonds is 7. The molecule has 0 aromatic carbocycles. The van der Waals surface area contributed by atoms with Crippen LogP contribution in [0.25, 0.3) is 0 Å². The lowest BCUT2D eigenvalue weighted by Gasteiger charge is -2.31. The third-order valence-electron chi connectivity index (χ3n) is 5.20. The number of sulfonamides is 1. The van der Waals surface area contributed by atoms with Crippen LogP contribution in [0.15, 0.2) is 23.4 Å². The molecule has 1 fully saturated rings. The average molecular weight is 409 g/mol. The van der Waals surface area contributed by atoms with Crippen LogP contribution in [-0.4, -0.2) is 57.8 Å². The van der Waals surface area contributed by atoms with Crippen molar-refractivity contribution in [2.45, 2.75) is 44.6 Å². The topological polar surface area (TPSA) is 102 Å². The fraction of sp³-hybridized carbons (Fsp3) is 0.611. The van der Waals surface area contributed by atoms with Gasteiger partial charge in [0.15, 0.2) is 0 Å². The SMILES string of the molecule is Cc1ccn(CCCNC(=O)[C@@H]2CCCN(S(=O)(=O)c3cnn(C)c3C)C2)n1.